The lowest BCUT2D eigenvalue weighted by Crippen LogP contribution is -2.74. The van der Waals surface area contributed by atoms with Crippen molar-refractivity contribution in [1.29, 1.82) is 0 Å². The van der Waals surface area contributed by atoms with Gasteiger partial charge in [0.2, 0.25) is 5.91 Å². The number of likely N-dealkylation sites (N-methyl/N-ethyl adjacent to an activating group) is 1. The van der Waals surface area contributed by atoms with Crippen molar-refractivity contribution >= 4 is 29.0 Å². The molecule has 2 unspecified atom stereocenters. The summed E-state index contributed by atoms with van der Waals surface area (Å²) in [5.41, 5.74) is 6.17. The number of fused-ring (bicyclic) bond motifs is 3. The van der Waals surface area contributed by atoms with Crippen molar-refractivity contribution in [2.75, 3.05) is 14.1 Å². The molecular formula is C33H36N2O7. The van der Waals surface area contributed by atoms with Gasteiger partial charge >= 0.3 is 0 Å². The molecule has 6 atom stereocenters. The zero-order chi connectivity index (χ0) is 30.1. The first-order chi connectivity index (χ1) is 19.9. The fraction of sp³-hybridized carbons (Fsp3) is 0.485. The van der Waals surface area contributed by atoms with Crippen LogP contribution >= 0.6 is 0 Å². The first-order valence-electron chi connectivity index (χ1n) is 14.7. The highest BCUT2D eigenvalue weighted by molar-refractivity contribution is 6.32. The second-order valence-corrected chi connectivity index (χ2v) is 12.8. The number of nitrogens with zero attached hydrogens (tertiary/aromatic N) is 1. The number of hydrogen-bond donors (Lipinski definition) is 3. The van der Waals surface area contributed by atoms with Gasteiger partial charge in [-0.1, -0.05) is 56.0 Å². The molecule has 4 N–H and O–H groups in total. The molecule has 0 aliphatic heterocycles. The van der Waals surface area contributed by atoms with Crippen molar-refractivity contribution < 1.29 is 34.2 Å². The largest absolute Gasteiger partial charge is 0.507 e. The van der Waals surface area contributed by atoms with Gasteiger partial charge in [-0.25, -0.2) is 0 Å². The summed E-state index contributed by atoms with van der Waals surface area (Å²) in [7, 11) is 3.14. The minimum atomic E-state index is -2.72. The van der Waals surface area contributed by atoms with Crippen LogP contribution in [0.15, 0.2) is 36.4 Å². The minimum absolute atomic E-state index is 0.00845. The van der Waals surface area contributed by atoms with E-state index in [-0.39, 0.29) is 24.2 Å². The Labute approximate surface area is 244 Å². The number of hydrogen-bond acceptors (Lipinski definition) is 8. The third-order valence-electron chi connectivity index (χ3n) is 10.2. The number of phenolic OH excluding ortho intramolecular Hbond substituents is 1. The summed E-state index contributed by atoms with van der Waals surface area (Å²) in [6.45, 7) is 0. The van der Waals surface area contributed by atoms with Crippen molar-refractivity contribution in [3.05, 3.63) is 53.1 Å². The van der Waals surface area contributed by atoms with Crippen molar-refractivity contribution in [2.24, 2.45) is 35.3 Å². The highest BCUT2D eigenvalue weighted by atomic mass is 16.3. The molecule has 2 aromatic rings. The summed E-state index contributed by atoms with van der Waals surface area (Å²) in [4.78, 5) is 68.3. The molecule has 0 saturated heterocycles. The van der Waals surface area contributed by atoms with Crippen molar-refractivity contribution in [2.45, 2.75) is 56.6 Å². The SMILES string of the molecule is CN(C)[C@@H]1C(=O)C(C(N)=O)C(=O)[C@@]2(O)C(=O)C3C(=O)c4c(O)ccc(-c5ccc(CC6CCCC6)cc5)c4C[C@H]3C[C@@H]12. The number of amides is 1. The van der Waals surface area contributed by atoms with E-state index in [9.17, 15) is 34.2 Å². The van der Waals surface area contributed by atoms with Gasteiger partial charge in [-0.3, -0.25) is 28.9 Å². The molecule has 6 rings (SSSR count). The number of primary amides is 1. The van der Waals surface area contributed by atoms with Gasteiger partial charge in [0.05, 0.1) is 17.5 Å². The lowest BCUT2D eigenvalue weighted by molar-refractivity contribution is -0.181. The molecule has 1 amide bonds. The number of ketones is 4. The Kier molecular flexibility index (Phi) is 6.93. The molecule has 42 heavy (non-hydrogen) atoms. The van der Waals surface area contributed by atoms with E-state index in [0.29, 0.717) is 11.5 Å². The Morgan fingerprint density at radius 3 is 2.29 bits per heavy atom. The average molecular weight is 573 g/mol. The molecule has 0 radical (unpaired) electrons. The van der Waals surface area contributed by atoms with Gasteiger partial charge in [0.25, 0.3) is 0 Å². The topological polar surface area (TPSA) is 155 Å². The molecule has 9 nitrogen and oxygen atoms in total. The van der Waals surface area contributed by atoms with E-state index in [1.54, 1.807) is 20.2 Å². The van der Waals surface area contributed by atoms with Crippen LogP contribution in [0.1, 0.15) is 53.6 Å². The number of phenols is 1. The van der Waals surface area contributed by atoms with E-state index in [2.05, 4.69) is 12.1 Å². The Hall–Kier alpha value is -3.69. The monoisotopic (exact) mass is 572 g/mol. The van der Waals surface area contributed by atoms with Crippen LogP contribution in [-0.4, -0.2) is 69.9 Å². The number of rotatable bonds is 5. The quantitative estimate of drug-likeness (QED) is 0.461. The standard InChI is InChI=1S/C33H36N2O7/c1-35(2)27-22-15-19-14-21-20(18-9-7-17(8-10-18)13-16-5-3-4-6-16)11-12-23(36)25(21)28(37)24(19)30(39)33(22,42)31(40)26(29(27)38)32(34)41/h7-12,16,19,22,24,26-27,36,42H,3-6,13-15H2,1-2H3,(H2,34,41)/t19-,22-,24?,26?,27-,33-/m0/s1. The Morgan fingerprint density at radius 1 is 1.00 bits per heavy atom. The zero-order valence-corrected chi connectivity index (χ0v) is 23.8. The first-order valence-corrected chi connectivity index (χ1v) is 14.7. The van der Waals surface area contributed by atoms with Crippen molar-refractivity contribution in [3.63, 3.8) is 0 Å². The summed E-state index contributed by atoms with van der Waals surface area (Å²) in [5, 5.41) is 22.5. The van der Waals surface area contributed by atoms with Gasteiger partial charge in [-0.15, -0.1) is 0 Å². The predicted octanol–water partition coefficient (Wildman–Crippen LogP) is 2.27. The number of aromatic hydroxyl groups is 1. The van der Waals surface area contributed by atoms with Crippen LogP contribution < -0.4 is 5.73 Å². The van der Waals surface area contributed by atoms with Crippen LogP contribution in [0, 0.1) is 29.6 Å². The molecule has 0 spiro atoms. The van der Waals surface area contributed by atoms with Gasteiger partial charge in [0.15, 0.2) is 34.7 Å². The van der Waals surface area contributed by atoms with Crippen molar-refractivity contribution in [3.8, 4) is 16.9 Å². The maximum Gasteiger partial charge on any atom is 0.235 e. The average Bonchev–Trinajstić information content (AvgIpc) is 3.44. The molecule has 4 aliphatic carbocycles. The second-order valence-electron chi connectivity index (χ2n) is 12.8. The molecule has 3 fully saturated rings. The van der Waals surface area contributed by atoms with E-state index < -0.39 is 64.4 Å². The normalized spacial score (nSPS) is 31.2. The van der Waals surface area contributed by atoms with E-state index >= 15 is 0 Å². The first kappa shape index (κ1) is 28.4. The van der Waals surface area contributed by atoms with Crippen molar-refractivity contribution in [1.82, 2.24) is 4.90 Å². The molecular weight excluding hydrogens is 536 g/mol. The van der Waals surface area contributed by atoms with Gasteiger partial charge in [-0.05, 0) is 73.5 Å². The van der Waals surface area contributed by atoms with Crippen LogP contribution in [0.3, 0.4) is 0 Å². The van der Waals surface area contributed by atoms with Gasteiger partial charge < -0.3 is 15.9 Å². The summed E-state index contributed by atoms with van der Waals surface area (Å²) in [5.74, 6) is -9.68. The molecule has 4 aliphatic rings. The summed E-state index contributed by atoms with van der Waals surface area (Å²) >= 11 is 0. The van der Waals surface area contributed by atoms with Crippen LogP contribution in [-0.2, 0) is 32.0 Å². The molecule has 9 heteroatoms. The lowest BCUT2D eigenvalue weighted by Gasteiger charge is -2.52. The maximum absolute atomic E-state index is 14.0. The van der Waals surface area contributed by atoms with Gasteiger partial charge in [0.1, 0.15) is 5.75 Å². The van der Waals surface area contributed by atoms with E-state index in [1.165, 1.54) is 42.2 Å². The van der Waals surface area contributed by atoms with E-state index in [1.807, 2.05) is 12.1 Å². The number of nitrogens with two attached hydrogens (primary N) is 1. The maximum atomic E-state index is 14.0. The fourth-order valence-corrected chi connectivity index (χ4v) is 8.24. The fourth-order valence-electron chi connectivity index (χ4n) is 8.24. The molecule has 220 valence electrons. The van der Waals surface area contributed by atoms with Crippen LogP contribution in [0.2, 0.25) is 0 Å². The Bertz CT molecular complexity index is 1510. The number of benzene rings is 2. The Morgan fingerprint density at radius 2 is 1.67 bits per heavy atom. The smallest absolute Gasteiger partial charge is 0.235 e. The highest BCUT2D eigenvalue weighted by Gasteiger charge is 2.69. The zero-order valence-electron chi connectivity index (χ0n) is 23.8. The minimum Gasteiger partial charge on any atom is -0.507 e. The Balaban J connectivity index is 1.39. The molecule has 3 saturated carbocycles. The third kappa shape index (κ3) is 4.16. The summed E-state index contributed by atoms with van der Waals surface area (Å²) in [6.07, 6.45) is 6.36. The predicted molar refractivity (Wildman–Crippen MR) is 152 cm³/mol. The van der Waals surface area contributed by atoms with E-state index in [0.717, 1.165) is 17.5 Å². The third-order valence-corrected chi connectivity index (χ3v) is 10.2. The van der Waals surface area contributed by atoms with E-state index in [4.69, 9.17) is 5.73 Å². The van der Waals surface area contributed by atoms with Crippen LogP contribution in [0.4, 0.5) is 0 Å². The van der Waals surface area contributed by atoms with Crippen LogP contribution in [0.5, 0.6) is 5.75 Å². The number of aliphatic hydroxyl groups is 1. The molecule has 0 heterocycles. The number of Topliss-reactive ketones (excluding diaryl/α,β-unsaturated/α-hetero) is 4. The van der Waals surface area contributed by atoms with Gasteiger partial charge in [-0.2, -0.15) is 0 Å². The van der Waals surface area contributed by atoms with Crippen LogP contribution in [0.25, 0.3) is 11.1 Å². The number of carbonyl (C=O) groups excluding carboxylic acids is 5. The summed E-state index contributed by atoms with van der Waals surface area (Å²) in [6, 6.07) is 10.3. The van der Waals surface area contributed by atoms with Gasteiger partial charge in [0, 0.05) is 5.92 Å². The number of carbonyl (C=O) groups is 5. The molecule has 0 aromatic heterocycles. The molecule has 0 bridgehead atoms. The summed E-state index contributed by atoms with van der Waals surface area (Å²) < 4.78 is 0. The highest BCUT2D eigenvalue weighted by Crippen LogP contribution is 2.51. The second kappa shape index (κ2) is 10.2. The molecule has 2 aromatic carbocycles. The lowest BCUT2D eigenvalue weighted by atomic mass is 9.52.